The highest BCUT2D eigenvalue weighted by Gasteiger charge is 2.27. The van der Waals surface area contributed by atoms with Crippen LogP contribution in [0.25, 0.3) is 21.7 Å². The highest BCUT2D eigenvalue weighted by Crippen LogP contribution is 2.38. The molecule has 0 amide bonds. The highest BCUT2D eigenvalue weighted by atomic mass is 32.2. The van der Waals surface area contributed by atoms with Gasteiger partial charge in [-0.15, -0.1) is 21.5 Å². The van der Waals surface area contributed by atoms with Gasteiger partial charge in [0.15, 0.2) is 5.16 Å². The Kier molecular flexibility index (Phi) is 4.98. The fourth-order valence-corrected chi connectivity index (χ4v) is 6.30. The smallest absolute Gasteiger partial charge is 0.313 e. The average Bonchev–Trinajstić information content (AvgIpc) is 3.33. The largest absolute Gasteiger partial charge is 0.497 e. The van der Waals surface area contributed by atoms with Crippen LogP contribution in [-0.2, 0) is 17.6 Å². The Hall–Kier alpha value is -2.85. The van der Waals surface area contributed by atoms with E-state index in [1.165, 1.54) is 4.88 Å². The van der Waals surface area contributed by atoms with Gasteiger partial charge in [-0.1, -0.05) is 18.7 Å². The van der Waals surface area contributed by atoms with Crippen LogP contribution in [0.2, 0.25) is 0 Å². The number of carboxylic acid groups (broad SMARTS) is 1. The fraction of sp³-hybridized carbons (Fsp3) is 0.333. The van der Waals surface area contributed by atoms with Gasteiger partial charge in [0.1, 0.15) is 10.6 Å². The van der Waals surface area contributed by atoms with Crippen LogP contribution in [0, 0.1) is 5.92 Å². The zero-order valence-electron chi connectivity index (χ0n) is 17.0. The molecule has 1 aliphatic carbocycles. The number of ether oxygens (including phenoxy) is 1. The Morgan fingerprint density at radius 1 is 1.32 bits per heavy atom. The van der Waals surface area contributed by atoms with E-state index in [2.05, 4.69) is 17.1 Å². The summed E-state index contributed by atoms with van der Waals surface area (Å²) in [6.07, 6.45) is 2.85. The van der Waals surface area contributed by atoms with Crippen molar-refractivity contribution in [2.45, 2.75) is 31.3 Å². The van der Waals surface area contributed by atoms with Gasteiger partial charge in [0.05, 0.1) is 23.9 Å². The number of methoxy groups -OCH3 is 1. The van der Waals surface area contributed by atoms with Crippen LogP contribution in [0.3, 0.4) is 0 Å². The second-order valence-corrected chi connectivity index (χ2v) is 9.70. The second kappa shape index (κ2) is 7.69. The molecule has 5 rings (SSSR count). The molecule has 0 bridgehead atoms. The van der Waals surface area contributed by atoms with E-state index in [9.17, 15) is 9.59 Å². The lowest BCUT2D eigenvalue weighted by Gasteiger charge is -2.17. The molecule has 0 saturated heterocycles. The first-order valence-corrected chi connectivity index (χ1v) is 11.7. The van der Waals surface area contributed by atoms with Crippen molar-refractivity contribution < 1.29 is 14.6 Å². The zero-order chi connectivity index (χ0) is 21.7. The minimum absolute atomic E-state index is 0.123. The number of hydrogen-bond acceptors (Lipinski definition) is 7. The number of thiophene rings is 1. The van der Waals surface area contributed by atoms with Crippen molar-refractivity contribution in [1.82, 2.24) is 19.2 Å². The molecule has 0 saturated carbocycles. The van der Waals surface area contributed by atoms with E-state index in [0.29, 0.717) is 33.7 Å². The molecule has 1 unspecified atom stereocenters. The monoisotopic (exact) mass is 456 g/mol. The summed E-state index contributed by atoms with van der Waals surface area (Å²) in [5.41, 5.74) is 1.64. The maximum atomic E-state index is 13.7. The third kappa shape index (κ3) is 3.30. The first-order valence-electron chi connectivity index (χ1n) is 9.91. The second-order valence-electron chi connectivity index (χ2n) is 7.67. The molecule has 4 aromatic rings. The standard InChI is InChI=1S/C21H20N4O4S2/c1-11-3-8-14-15(9-11)31-19-17(14)18(28)24(12-4-6-13(29-2)7-5-12)20-22-23-21(25(19)20)30-10-16(26)27/h4-7,11H,3,8-10H2,1-2H3,(H,26,27). The molecule has 1 aromatic carbocycles. The van der Waals surface area contributed by atoms with Crippen molar-refractivity contribution in [2.75, 3.05) is 12.9 Å². The lowest BCUT2D eigenvalue weighted by Crippen LogP contribution is -2.22. The predicted octanol–water partition coefficient (Wildman–Crippen LogP) is 3.41. The molecule has 10 heteroatoms. The molecule has 160 valence electrons. The molecule has 0 spiro atoms. The number of nitrogens with zero attached hydrogens (tertiary/aromatic N) is 4. The van der Waals surface area contributed by atoms with E-state index < -0.39 is 5.97 Å². The van der Waals surface area contributed by atoms with E-state index in [-0.39, 0.29) is 11.3 Å². The fourth-order valence-electron chi connectivity index (χ4n) is 4.09. The molecule has 1 aliphatic rings. The number of benzene rings is 1. The van der Waals surface area contributed by atoms with Crippen LogP contribution in [0.1, 0.15) is 23.8 Å². The van der Waals surface area contributed by atoms with Gasteiger partial charge in [0.25, 0.3) is 5.56 Å². The van der Waals surface area contributed by atoms with Crippen molar-refractivity contribution in [1.29, 1.82) is 0 Å². The zero-order valence-corrected chi connectivity index (χ0v) is 18.6. The van der Waals surface area contributed by atoms with Gasteiger partial charge < -0.3 is 9.84 Å². The SMILES string of the molecule is COc1ccc(-n2c(=O)c3c4c(sc3n3c(SCC(=O)O)nnc23)CC(C)CC4)cc1. The molecule has 3 aromatic heterocycles. The summed E-state index contributed by atoms with van der Waals surface area (Å²) in [6, 6.07) is 7.21. The minimum atomic E-state index is -0.930. The van der Waals surface area contributed by atoms with E-state index in [4.69, 9.17) is 9.84 Å². The molecule has 31 heavy (non-hydrogen) atoms. The van der Waals surface area contributed by atoms with E-state index in [0.717, 1.165) is 41.4 Å². The van der Waals surface area contributed by atoms with Gasteiger partial charge in [0.2, 0.25) is 5.78 Å². The van der Waals surface area contributed by atoms with Crippen molar-refractivity contribution in [2.24, 2.45) is 5.92 Å². The van der Waals surface area contributed by atoms with Crippen LogP contribution in [0.4, 0.5) is 0 Å². The molecule has 0 aliphatic heterocycles. The molecular weight excluding hydrogens is 436 g/mol. The lowest BCUT2D eigenvalue weighted by molar-refractivity contribution is -0.133. The highest BCUT2D eigenvalue weighted by molar-refractivity contribution is 7.99. The third-order valence-electron chi connectivity index (χ3n) is 5.58. The summed E-state index contributed by atoms with van der Waals surface area (Å²) in [4.78, 5) is 26.9. The van der Waals surface area contributed by atoms with Crippen LogP contribution in [0.5, 0.6) is 5.75 Å². The average molecular weight is 457 g/mol. The molecule has 0 radical (unpaired) electrons. The quantitative estimate of drug-likeness (QED) is 0.460. The van der Waals surface area contributed by atoms with Crippen LogP contribution >= 0.6 is 23.1 Å². The Balaban J connectivity index is 1.84. The number of fused-ring (bicyclic) bond motifs is 5. The Labute approximate surface area is 185 Å². The number of carboxylic acids is 1. The molecule has 1 N–H and O–H groups in total. The van der Waals surface area contributed by atoms with Gasteiger partial charge >= 0.3 is 5.97 Å². The minimum Gasteiger partial charge on any atom is -0.497 e. The van der Waals surface area contributed by atoms with Crippen molar-refractivity contribution in [3.05, 3.63) is 45.1 Å². The topological polar surface area (TPSA) is 98.7 Å². The van der Waals surface area contributed by atoms with Crippen molar-refractivity contribution in [3.8, 4) is 11.4 Å². The van der Waals surface area contributed by atoms with Gasteiger partial charge in [-0.05, 0) is 55.0 Å². The summed E-state index contributed by atoms with van der Waals surface area (Å²) in [7, 11) is 1.59. The summed E-state index contributed by atoms with van der Waals surface area (Å²) in [5.74, 6) is 0.575. The Morgan fingerprint density at radius 2 is 2.10 bits per heavy atom. The summed E-state index contributed by atoms with van der Waals surface area (Å²) in [5, 5.41) is 18.8. The Bertz CT molecular complexity index is 1370. The number of aromatic nitrogens is 4. The van der Waals surface area contributed by atoms with E-state index in [1.807, 2.05) is 16.5 Å². The number of aryl methyl sites for hydroxylation is 1. The summed E-state index contributed by atoms with van der Waals surface area (Å²) < 4.78 is 8.64. The molecule has 0 fully saturated rings. The number of hydrogen-bond donors (Lipinski definition) is 1. The first kappa shape index (κ1) is 20.1. The Morgan fingerprint density at radius 3 is 2.81 bits per heavy atom. The third-order valence-corrected chi connectivity index (χ3v) is 7.74. The lowest BCUT2D eigenvalue weighted by atomic mass is 9.89. The number of aliphatic carboxylic acids is 1. The predicted molar refractivity (Wildman–Crippen MR) is 120 cm³/mol. The molecule has 8 nitrogen and oxygen atoms in total. The summed E-state index contributed by atoms with van der Waals surface area (Å²) >= 11 is 2.70. The van der Waals surface area contributed by atoms with E-state index >= 15 is 0 Å². The van der Waals surface area contributed by atoms with Crippen LogP contribution < -0.4 is 10.3 Å². The number of rotatable bonds is 5. The van der Waals surface area contributed by atoms with Gasteiger partial charge in [0, 0.05) is 4.88 Å². The van der Waals surface area contributed by atoms with Gasteiger partial charge in [-0.3, -0.25) is 9.59 Å². The first-order chi connectivity index (χ1) is 15.0. The van der Waals surface area contributed by atoms with Crippen molar-refractivity contribution >= 4 is 45.1 Å². The molecule has 3 heterocycles. The van der Waals surface area contributed by atoms with E-state index in [1.54, 1.807) is 35.1 Å². The molecular formula is C21H20N4O4S2. The number of carbonyl (C=O) groups is 1. The van der Waals surface area contributed by atoms with Crippen LogP contribution in [-0.4, -0.2) is 43.1 Å². The maximum absolute atomic E-state index is 13.7. The van der Waals surface area contributed by atoms with Gasteiger partial charge in [-0.25, -0.2) is 8.97 Å². The summed E-state index contributed by atoms with van der Waals surface area (Å²) in [6.45, 7) is 2.23. The normalized spacial score (nSPS) is 16.0. The maximum Gasteiger partial charge on any atom is 0.313 e. The van der Waals surface area contributed by atoms with Gasteiger partial charge in [-0.2, -0.15) is 0 Å². The number of thioether (sulfide) groups is 1. The van der Waals surface area contributed by atoms with Crippen LogP contribution in [0.15, 0.2) is 34.2 Å². The molecule has 1 atom stereocenters. The van der Waals surface area contributed by atoms with Crippen molar-refractivity contribution in [3.63, 3.8) is 0 Å².